The van der Waals surface area contributed by atoms with Gasteiger partial charge in [-0.2, -0.15) is 0 Å². The first-order valence-electron chi connectivity index (χ1n) is 6.49. The van der Waals surface area contributed by atoms with E-state index < -0.39 is 0 Å². The summed E-state index contributed by atoms with van der Waals surface area (Å²) < 4.78 is 5.25. The highest BCUT2D eigenvalue weighted by Crippen LogP contribution is 2.27. The second-order valence-electron chi connectivity index (χ2n) is 4.48. The molecule has 0 saturated heterocycles. The third kappa shape index (κ3) is 4.19. The number of aromatic nitrogens is 2. The second kappa shape index (κ2) is 7.08. The van der Waals surface area contributed by atoms with E-state index in [2.05, 4.69) is 15.3 Å². The molecule has 6 heteroatoms. The zero-order valence-corrected chi connectivity index (χ0v) is 13.0. The molecular weight excluding hydrogens is 286 g/mol. The van der Waals surface area contributed by atoms with E-state index in [-0.39, 0.29) is 11.2 Å². The van der Waals surface area contributed by atoms with Gasteiger partial charge in [0.2, 0.25) is 5.91 Å². The third-order valence-corrected chi connectivity index (χ3v) is 3.80. The van der Waals surface area contributed by atoms with Crippen LogP contribution in [0.3, 0.4) is 0 Å². The quantitative estimate of drug-likeness (QED) is 0.679. The van der Waals surface area contributed by atoms with Crippen LogP contribution in [0.25, 0.3) is 0 Å². The van der Waals surface area contributed by atoms with Crippen LogP contribution in [0.5, 0.6) is 5.75 Å². The average molecular weight is 303 g/mol. The normalized spacial score (nSPS) is 11.8. The maximum absolute atomic E-state index is 12.3. The van der Waals surface area contributed by atoms with Crippen LogP contribution in [0.1, 0.15) is 12.5 Å². The first kappa shape index (κ1) is 15.3. The van der Waals surface area contributed by atoms with Crippen LogP contribution < -0.4 is 10.1 Å². The van der Waals surface area contributed by atoms with Gasteiger partial charge in [0, 0.05) is 12.4 Å². The fourth-order valence-electron chi connectivity index (χ4n) is 1.71. The summed E-state index contributed by atoms with van der Waals surface area (Å²) in [5, 5.41) is 3.15. The van der Waals surface area contributed by atoms with Crippen LogP contribution in [-0.2, 0) is 4.79 Å². The standard InChI is InChI=1S/C15H17N3O2S/c1-10-5-6-13(20-3)12(9-10)18-14(19)11(2)21-15-16-7-4-8-17-15/h4-9,11H,1-3H3,(H,18,19)/t11-/m0/s1. The van der Waals surface area contributed by atoms with Crippen molar-refractivity contribution in [1.82, 2.24) is 9.97 Å². The minimum atomic E-state index is -0.308. The first-order valence-corrected chi connectivity index (χ1v) is 7.37. The van der Waals surface area contributed by atoms with E-state index in [9.17, 15) is 4.79 Å². The van der Waals surface area contributed by atoms with Crippen molar-refractivity contribution >= 4 is 23.4 Å². The molecule has 0 aliphatic heterocycles. The largest absolute Gasteiger partial charge is 0.495 e. The van der Waals surface area contributed by atoms with Crippen LogP contribution in [0.4, 0.5) is 5.69 Å². The Hall–Kier alpha value is -2.08. The molecular formula is C15H17N3O2S. The molecule has 0 aliphatic rings. The lowest BCUT2D eigenvalue weighted by molar-refractivity contribution is -0.115. The van der Waals surface area contributed by atoms with Crippen LogP contribution in [0.2, 0.25) is 0 Å². The Labute approximate surface area is 128 Å². The van der Waals surface area contributed by atoms with Gasteiger partial charge in [0.05, 0.1) is 18.0 Å². The summed E-state index contributed by atoms with van der Waals surface area (Å²) in [6.45, 7) is 3.78. The average Bonchev–Trinajstić information content (AvgIpc) is 2.48. The lowest BCUT2D eigenvalue weighted by atomic mass is 10.2. The topological polar surface area (TPSA) is 64.1 Å². The van der Waals surface area contributed by atoms with Crippen molar-refractivity contribution in [2.45, 2.75) is 24.3 Å². The molecule has 0 bridgehead atoms. The lowest BCUT2D eigenvalue weighted by Gasteiger charge is -2.14. The van der Waals surface area contributed by atoms with E-state index in [1.807, 2.05) is 32.0 Å². The van der Waals surface area contributed by atoms with E-state index in [1.165, 1.54) is 11.8 Å². The van der Waals surface area contributed by atoms with Crippen LogP contribution in [0, 0.1) is 6.92 Å². The van der Waals surface area contributed by atoms with E-state index in [0.29, 0.717) is 16.6 Å². The van der Waals surface area contributed by atoms with Crippen LogP contribution in [0.15, 0.2) is 41.8 Å². The van der Waals surface area contributed by atoms with Crippen molar-refractivity contribution in [3.63, 3.8) is 0 Å². The monoisotopic (exact) mass is 303 g/mol. The SMILES string of the molecule is COc1ccc(C)cc1NC(=O)[C@H](C)Sc1ncccn1. The number of benzene rings is 1. The van der Waals surface area contributed by atoms with E-state index in [0.717, 1.165) is 5.56 Å². The lowest BCUT2D eigenvalue weighted by Crippen LogP contribution is -2.23. The zero-order chi connectivity index (χ0) is 15.2. The van der Waals surface area contributed by atoms with Crippen LogP contribution >= 0.6 is 11.8 Å². The fraction of sp³-hybridized carbons (Fsp3) is 0.267. The molecule has 2 aromatic rings. The predicted molar refractivity (Wildman–Crippen MR) is 83.7 cm³/mol. The number of nitrogens with zero attached hydrogens (tertiary/aromatic N) is 2. The fourth-order valence-corrected chi connectivity index (χ4v) is 2.44. The molecule has 1 aromatic heterocycles. The van der Waals surface area contributed by atoms with Crippen molar-refractivity contribution in [2.24, 2.45) is 0 Å². The Morgan fingerprint density at radius 1 is 1.33 bits per heavy atom. The van der Waals surface area contributed by atoms with Gasteiger partial charge in [-0.15, -0.1) is 0 Å². The molecule has 0 aliphatic carbocycles. The number of methoxy groups -OCH3 is 1. The summed E-state index contributed by atoms with van der Waals surface area (Å²) >= 11 is 1.31. The van der Waals surface area contributed by atoms with Crippen molar-refractivity contribution in [2.75, 3.05) is 12.4 Å². The predicted octanol–water partition coefficient (Wildman–Crippen LogP) is 2.91. The number of rotatable bonds is 5. The molecule has 1 heterocycles. The Kier molecular flexibility index (Phi) is 5.16. The number of nitrogens with one attached hydrogen (secondary N) is 1. The number of carbonyl (C=O) groups is 1. The Balaban J connectivity index is 2.05. The van der Waals surface area contributed by atoms with Gasteiger partial charge in [-0.3, -0.25) is 4.79 Å². The number of aryl methyl sites for hydroxylation is 1. The summed E-state index contributed by atoms with van der Waals surface area (Å²) in [5.74, 6) is 0.526. The van der Waals surface area contributed by atoms with Gasteiger partial charge < -0.3 is 10.1 Å². The smallest absolute Gasteiger partial charge is 0.237 e. The van der Waals surface area contributed by atoms with Crippen molar-refractivity contribution in [1.29, 1.82) is 0 Å². The van der Waals surface area contributed by atoms with Crippen molar-refractivity contribution in [3.8, 4) is 5.75 Å². The van der Waals surface area contributed by atoms with E-state index in [4.69, 9.17) is 4.74 Å². The number of ether oxygens (including phenoxy) is 1. The molecule has 0 fully saturated rings. The highest BCUT2D eigenvalue weighted by atomic mass is 32.2. The first-order chi connectivity index (χ1) is 10.1. The van der Waals surface area contributed by atoms with Gasteiger partial charge in [0.15, 0.2) is 5.16 Å². The number of carbonyl (C=O) groups excluding carboxylic acids is 1. The molecule has 2 rings (SSSR count). The summed E-state index contributed by atoms with van der Waals surface area (Å²) in [6, 6.07) is 7.40. The molecule has 1 aromatic carbocycles. The number of amides is 1. The highest BCUT2D eigenvalue weighted by Gasteiger charge is 2.17. The number of thioether (sulfide) groups is 1. The molecule has 1 amide bonds. The summed E-state index contributed by atoms with van der Waals surface area (Å²) in [6.07, 6.45) is 3.31. The minimum Gasteiger partial charge on any atom is -0.495 e. The minimum absolute atomic E-state index is 0.114. The van der Waals surface area contributed by atoms with Gasteiger partial charge in [-0.25, -0.2) is 9.97 Å². The molecule has 21 heavy (non-hydrogen) atoms. The van der Waals surface area contributed by atoms with Gasteiger partial charge in [0.25, 0.3) is 0 Å². The maximum atomic E-state index is 12.3. The second-order valence-corrected chi connectivity index (χ2v) is 5.79. The molecule has 0 saturated carbocycles. The molecule has 0 spiro atoms. The summed E-state index contributed by atoms with van der Waals surface area (Å²) in [4.78, 5) is 20.5. The molecule has 0 radical (unpaired) electrons. The Morgan fingerprint density at radius 3 is 2.71 bits per heavy atom. The molecule has 1 atom stereocenters. The summed E-state index contributed by atoms with van der Waals surface area (Å²) in [7, 11) is 1.58. The zero-order valence-electron chi connectivity index (χ0n) is 12.2. The molecule has 110 valence electrons. The van der Waals surface area contributed by atoms with Crippen molar-refractivity contribution < 1.29 is 9.53 Å². The van der Waals surface area contributed by atoms with Crippen molar-refractivity contribution in [3.05, 3.63) is 42.2 Å². The number of anilines is 1. The van der Waals surface area contributed by atoms with Crippen LogP contribution in [-0.4, -0.2) is 28.2 Å². The van der Waals surface area contributed by atoms with E-state index >= 15 is 0 Å². The molecule has 5 nitrogen and oxygen atoms in total. The van der Waals surface area contributed by atoms with Gasteiger partial charge in [-0.05, 0) is 37.6 Å². The van der Waals surface area contributed by atoms with Gasteiger partial charge >= 0.3 is 0 Å². The maximum Gasteiger partial charge on any atom is 0.237 e. The third-order valence-electron chi connectivity index (χ3n) is 2.81. The Bertz CT molecular complexity index is 620. The summed E-state index contributed by atoms with van der Waals surface area (Å²) in [5.41, 5.74) is 1.72. The van der Waals surface area contributed by atoms with E-state index in [1.54, 1.807) is 25.6 Å². The number of hydrogen-bond acceptors (Lipinski definition) is 5. The van der Waals surface area contributed by atoms with Gasteiger partial charge in [0.1, 0.15) is 5.75 Å². The molecule has 1 N–H and O–H groups in total. The Morgan fingerprint density at radius 2 is 2.05 bits per heavy atom. The number of hydrogen-bond donors (Lipinski definition) is 1. The molecule has 0 unspecified atom stereocenters. The van der Waals surface area contributed by atoms with Gasteiger partial charge in [-0.1, -0.05) is 17.8 Å². The highest BCUT2D eigenvalue weighted by molar-refractivity contribution is 8.00.